The quantitative estimate of drug-likeness (QED) is 0.101. The van der Waals surface area contributed by atoms with Gasteiger partial charge in [0.2, 0.25) is 0 Å². The number of quaternary nitrogens is 1. The molecule has 0 saturated heterocycles. The SMILES string of the molecule is CCCCC/C=C/CCCCC[N+](CC(CC)C(=O)O)(CC(CC)C(=O)O)CC(CC)C(=O)O. The van der Waals surface area contributed by atoms with Crippen molar-refractivity contribution < 1.29 is 34.2 Å². The molecule has 0 radical (unpaired) electrons. The van der Waals surface area contributed by atoms with E-state index in [4.69, 9.17) is 0 Å². The van der Waals surface area contributed by atoms with Crippen molar-refractivity contribution in [3.63, 3.8) is 0 Å². The maximum atomic E-state index is 11.9. The van der Waals surface area contributed by atoms with Crippen LogP contribution < -0.4 is 0 Å². The summed E-state index contributed by atoms with van der Waals surface area (Å²) in [4.78, 5) is 35.6. The Morgan fingerprint density at radius 2 is 1.00 bits per heavy atom. The van der Waals surface area contributed by atoms with Gasteiger partial charge in [0.1, 0.15) is 17.8 Å². The zero-order chi connectivity index (χ0) is 26.0. The molecule has 0 aromatic carbocycles. The second kappa shape index (κ2) is 18.4. The summed E-state index contributed by atoms with van der Waals surface area (Å²) in [7, 11) is 0. The normalized spacial score (nSPS) is 16.1. The molecule has 7 nitrogen and oxygen atoms in total. The van der Waals surface area contributed by atoms with Crippen molar-refractivity contribution in [2.75, 3.05) is 26.2 Å². The Balaban J connectivity index is 5.50. The van der Waals surface area contributed by atoms with Crippen molar-refractivity contribution in [2.45, 2.75) is 98.3 Å². The summed E-state index contributed by atoms with van der Waals surface area (Å²) in [6.07, 6.45) is 14.4. The highest BCUT2D eigenvalue weighted by Crippen LogP contribution is 2.25. The summed E-state index contributed by atoms with van der Waals surface area (Å²) in [5.41, 5.74) is 0. The lowest BCUT2D eigenvalue weighted by molar-refractivity contribution is -0.935. The van der Waals surface area contributed by atoms with Gasteiger partial charge in [0, 0.05) is 0 Å². The average Bonchev–Trinajstić information content (AvgIpc) is 2.79. The predicted molar refractivity (Wildman–Crippen MR) is 136 cm³/mol. The zero-order valence-electron chi connectivity index (χ0n) is 22.0. The second-order valence-corrected chi connectivity index (χ2v) is 9.76. The maximum absolute atomic E-state index is 11.9. The number of nitrogens with zero attached hydrogens (tertiary/aromatic N) is 1. The van der Waals surface area contributed by atoms with Crippen molar-refractivity contribution in [3.05, 3.63) is 12.2 Å². The van der Waals surface area contributed by atoms with Crippen LogP contribution in [0.3, 0.4) is 0 Å². The number of unbranched alkanes of at least 4 members (excludes halogenated alkanes) is 6. The number of carbonyl (C=O) groups is 3. The molecule has 0 fully saturated rings. The number of carboxylic acids is 3. The molecule has 0 aliphatic carbocycles. The molecule has 3 atom stereocenters. The molecule has 3 unspecified atom stereocenters. The predicted octanol–water partition coefficient (Wildman–Crippen LogP) is 5.83. The lowest BCUT2D eigenvalue weighted by Gasteiger charge is -2.43. The van der Waals surface area contributed by atoms with Gasteiger partial charge in [0.25, 0.3) is 0 Å². The van der Waals surface area contributed by atoms with Crippen LogP contribution in [0.4, 0.5) is 0 Å². The monoisotopic (exact) mass is 484 g/mol. The van der Waals surface area contributed by atoms with Gasteiger partial charge in [-0.2, -0.15) is 0 Å². The highest BCUT2D eigenvalue weighted by atomic mass is 16.4. The first-order valence-electron chi connectivity index (χ1n) is 13.3. The van der Waals surface area contributed by atoms with E-state index in [1.807, 2.05) is 20.8 Å². The number of hydrogen-bond acceptors (Lipinski definition) is 3. The molecule has 0 saturated carbocycles. The summed E-state index contributed by atoms with van der Waals surface area (Å²) < 4.78 is 0.243. The van der Waals surface area contributed by atoms with Crippen LogP contribution in [-0.4, -0.2) is 63.9 Å². The van der Waals surface area contributed by atoms with Crippen LogP contribution >= 0.6 is 0 Å². The fourth-order valence-electron chi connectivity index (χ4n) is 4.68. The molecule has 0 heterocycles. The van der Waals surface area contributed by atoms with E-state index in [1.54, 1.807) is 0 Å². The van der Waals surface area contributed by atoms with Gasteiger partial charge in [0.15, 0.2) is 0 Å². The third-order valence-electron chi connectivity index (χ3n) is 6.99. The molecule has 0 aliphatic rings. The van der Waals surface area contributed by atoms with Gasteiger partial charge in [-0.3, -0.25) is 14.4 Å². The van der Waals surface area contributed by atoms with Crippen LogP contribution in [0.5, 0.6) is 0 Å². The van der Waals surface area contributed by atoms with Crippen LogP contribution in [0.15, 0.2) is 12.2 Å². The van der Waals surface area contributed by atoms with E-state index in [0.29, 0.717) is 25.8 Å². The first-order chi connectivity index (χ1) is 16.2. The van der Waals surface area contributed by atoms with Gasteiger partial charge in [-0.25, -0.2) is 0 Å². The van der Waals surface area contributed by atoms with Crippen LogP contribution in [-0.2, 0) is 14.4 Å². The van der Waals surface area contributed by atoms with E-state index < -0.39 is 35.7 Å². The first-order valence-corrected chi connectivity index (χ1v) is 13.3. The van der Waals surface area contributed by atoms with Gasteiger partial charge >= 0.3 is 17.9 Å². The lowest BCUT2D eigenvalue weighted by atomic mass is 9.95. The van der Waals surface area contributed by atoms with Gasteiger partial charge in [0.05, 0.1) is 26.2 Å². The van der Waals surface area contributed by atoms with E-state index in [1.165, 1.54) is 19.3 Å². The summed E-state index contributed by atoms with van der Waals surface area (Å²) >= 11 is 0. The minimum atomic E-state index is -0.898. The number of rotatable bonds is 22. The molecule has 7 heteroatoms. The Morgan fingerprint density at radius 1 is 0.618 bits per heavy atom. The largest absolute Gasteiger partial charge is 0.481 e. The molecule has 0 aromatic rings. The molecule has 34 heavy (non-hydrogen) atoms. The summed E-state index contributed by atoms with van der Waals surface area (Å²) in [6, 6.07) is 0. The van der Waals surface area contributed by atoms with Crippen molar-refractivity contribution in [3.8, 4) is 0 Å². The van der Waals surface area contributed by atoms with E-state index in [2.05, 4.69) is 19.1 Å². The molecule has 0 aliphatic heterocycles. The minimum absolute atomic E-state index is 0.243. The van der Waals surface area contributed by atoms with Crippen LogP contribution in [0.2, 0.25) is 0 Å². The first kappa shape index (κ1) is 32.1. The Labute approximate surface area is 206 Å². The highest BCUT2D eigenvalue weighted by Gasteiger charge is 2.40. The van der Waals surface area contributed by atoms with E-state index in [9.17, 15) is 29.7 Å². The Bertz CT molecular complexity index is 558. The summed E-state index contributed by atoms with van der Waals surface area (Å²) in [5, 5.41) is 29.2. The maximum Gasteiger partial charge on any atom is 0.312 e. The standard InChI is InChI=1S/C27H49NO6/c1-5-9-10-11-12-13-14-15-16-17-18-28(19-22(6-2)25(29)30,20-23(7-3)26(31)32)21-24(8-4)27(33)34/h12-13,22-24H,5-11,14-21H2,1-4H3,(H2-,29,30,31,32,33,34)/p+1/b13-12+. The summed E-state index contributed by atoms with van der Waals surface area (Å²) in [5.74, 6) is -4.56. The second-order valence-electron chi connectivity index (χ2n) is 9.76. The molecule has 0 amide bonds. The number of aliphatic carboxylic acids is 3. The van der Waals surface area contributed by atoms with Crippen molar-refractivity contribution in [1.29, 1.82) is 0 Å². The molecule has 0 rings (SSSR count). The van der Waals surface area contributed by atoms with E-state index >= 15 is 0 Å². The van der Waals surface area contributed by atoms with Crippen LogP contribution in [0.25, 0.3) is 0 Å². The number of carboxylic acid groups (broad SMARTS) is 3. The third-order valence-corrected chi connectivity index (χ3v) is 6.99. The Morgan fingerprint density at radius 3 is 1.32 bits per heavy atom. The highest BCUT2D eigenvalue weighted by molar-refractivity contribution is 5.71. The van der Waals surface area contributed by atoms with Crippen LogP contribution in [0.1, 0.15) is 98.3 Å². The molecular weight excluding hydrogens is 434 g/mol. The van der Waals surface area contributed by atoms with Crippen molar-refractivity contribution in [2.24, 2.45) is 17.8 Å². The molecule has 0 aromatic heterocycles. The molecule has 198 valence electrons. The Kier molecular flexibility index (Phi) is 17.4. The van der Waals surface area contributed by atoms with Gasteiger partial charge in [-0.1, -0.05) is 52.7 Å². The van der Waals surface area contributed by atoms with E-state index in [0.717, 1.165) is 32.1 Å². The van der Waals surface area contributed by atoms with Gasteiger partial charge in [-0.05, 0) is 57.8 Å². The molecule has 3 N–H and O–H groups in total. The van der Waals surface area contributed by atoms with Gasteiger partial charge < -0.3 is 19.8 Å². The average molecular weight is 485 g/mol. The third kappa shape index (κ3) is 13.1. The van der Waals surface area contributed by atoms with Crippen molar-refractivity contribution in [1.82, 2.24) is 0 Å². The summed E-state index contributed by atoms with van der Waals surface area (Å²) in [6.45, 7) is 9.09. The molecular formula is C27H50NO6+. The topological polar surface area (TPSA) is 112 Å². The lowest BCUT2D eigenvalue weighted by Crippen LogP contribution is -2.58. The van der Waals surface area contributed by atoms with Crippen LogP contribution in [0, 0.1) is 17.8 Å². The minimum Gasteiger partial charge on any atom is -0.481 e. The smallest absolute Gasteiger partial charge is 0.312 e. The Hall–Kier alpha value is -1.89. The fraction of sp³-hybridized carbons (Fsp3) is 0.815. The molecule has 0 spiro atoms. The number of allylic oxidation sites excluding steroid dienone is 2. The molecule has 0 bridgehead atoms. The number of hydrogen-bond donors (Lipinski definition) is 3. The van der Waals surface area contributed by atoms with E-state index in [-0.39, 0.29) is 24.1 Å². The van der Waals surface area contributed by atoms with Gasteiger partial charge in [-0.15, -0.1) is 0 Å². The zero-order valence-corrected chi connectivity index (χ0v) is 22.0. The van der Waals surface area contributed by atoms with Crippen molar-refractivity contribution >= 4 is 17.9 Å². The fourth-order valence-corrected chi connectivity index (χ4v) is 4.68.